The lowest BCUT2D eigenvalue weighted by molar-refractivity contribution is -0.141. The van der Waals surface area contributed by atoms with Crippen LogP contribution in [-0.4, -0.2) is 67.4 Å². The molecule has 1 aromatic rings. The van der Waals surface area contributed by atoms with Crippen LogP contribution in [0, 0.1) is 16.7 Å². The first kappa shape index (κ1) is 30.3. The molecule has 1 saturated carbocycles. The second kappa shape index (κ2) is 13.0. The molecule has 2 aliphatic heterocycles. The van der Waals surface area contributed by atoms with Crippen molar-refractivity contribution in [2.75, 3.05) is 39.8 Å². The van der Waals surface area contributed by atoms with E-state index in [0.29, 0.717) is 11.0 Å². The lowest BCUT2D eigenvalue weighted by atomic mass is 9.65. The molecule has 1 aromatic heterocycles. The fraction of sp³-hybridized carbons (Fsp3) is 0.581. The Kier molecular flexibility index (Phi) is 9.37. The van der Waals surface area contributed by atoms with E-state index >= 15 is 0 Å². The summed E-state index contributed by atoms with van der Waals surface area (Å²) in [5.41, 5.74) is 0.0907. The molecule has 0 radical (unpaired) electrons. The van der Waals surface area contributed by atoms with Gasteiger partial charge in [-0.05, 0) is 94.0 Å². The largest absolute Gasteiger partial charge is 0.494 e. The van der Waals surface area contributed by atoms with Crippen LogP contribution in [0.3, 0.4) is 0 Å². The van der Waals surface area contributed by atoms with E-state index < -0.39 is 17.8 Å². The molecule has 0 bridgehead atoms. The van der Waals surface area contributed by atoms with Gasteiger partial charge in [0.1, 0.15) is 17.1 Å². The van der Waals surface area contributed by atoms with Gasteiger partial charge in [0.25, 0.3) is 5.91 Å². The summed E-state index contributed by atoms with van der Waals surface area (Å²) in [5, 5.41) is 17.9. The number of likely N-dealkylation sites (tertiary alicyclic amines) is 1. The van der Waals surface area contributed by atoms with E-state index in [-0.39, 0.29) is 28.9 Å². The molecule has 0 unspecified atom stereocenters. The number of halogens is 3. The van der Waals surface area contributed by atoms with Crippen LogP contribution in [-0.2, 0) is 10.9 Å². The second-order valence-electron chi connectivity index (χ2n) is 12.1. The summed E-state index contributed by atoms with van der Waals surface area (Å²) in [6.45, 7) is 5.61. The molecule has 1 amide bonds. The van der Waals surface area contributed by atoms with E-state index in [9.17, 15) is 18.0 Å². The number of nitrogens with zero attached hydrogens (tertiary/aromatic N) is 2. The maximum absolute atomic E-state index is 13.1. The predicted molar refractivity (Wildman–Crippen MR) is 155 cm³/mol. The number of amides is 1. The third kappa shape index (κ3) is 7.42. The highest BCUT2D eigenvalue weighted by atomic mass is 19.4. The van der Waals surface area contributed by atoms with Crippen molar-refractivity contribution in [2.45, 2.75) is 63.6 Å². The van der Waals surface area contributed by atoms with Gasteiger partial charge in [0.2, 0.25) is 0 Å². The number of piperidine rings is 2. The zero-order valence-electron chi connectivity index (χ0n) is 24.2. The van der Waals surface area contributed by atoms with Gasteiger partial charge in [0.05, 0.1) is 18.5 Å². The summed E-state index contributed by atoms with van der Waals surface area (Å²) in [4.78, 5) is 18.8. The summed E-state index contributed by atoms with van der Waals surface area (Å²) >= 11 is 0. The Morgan fingerprint density at radius 3 is 2.52 bits per heavy atom. The molecule has 228 valence electrons. The maximum atomic E-state index is 13.1. The monoisotopic (exact) mass is 586 g/mol. The first-order chi connectivity index (χ1) is 20.1. The number of methoxy groups -OCH3 is 1. The van der Waals surface area contributed by atoms with Crippen molar-refractivity contribution in [3.05, 3.63) is 65.0 Å². The van der Waals surface area contributed by atoms with Gasteiger partial charge in [-0.2, -0.15) is 13.2 Å². The molecule has 2 saturated heterocycles. The van der Waals surface area contributed by atoms with E-state index in [0.717, 1.165) is 44.0 Å². The van der Waals surface area contributed by atoms with Crippen LogP contribution in [0.2, 0.25) is 0 Å². The van der Waals surface area contributed by atoms with Gasteiger partial charge in [-0.25, -0.2) is 4.98 Å². The number of alkyl halides is 3. The third-order valence-electron chi connectivity index (χ3n) is 9.30. The Hall–Kier alpha value is -3.18. The first-order valence-corrected chi connectivity index (χ1v) is 15.0. The number of pyridine rings is 1. The molecule has 2 aliphatic carbocycles. The number of hydrogen-bond donors (Lipinski definition) is 4. The molecule has 0 aromatic carbocycles. The van der Waals surface area contributed by atoms with E-state index in [2.05, 4.69) is 25.8 Å². The summed E-state index contributed by atoms with van der Waals surface area (Å²) in [5.74, 6) is 0.235. The molecule has 42 heavy (non-hydrogen) atoms. The highest BCUT2D eigenvalue weighted by Crippen LogP contribution is 2.45. The Morgan fingerprint density at radius 2 is 1.86 bits per heavy atom. The van der Waals surface area contributed by atoms with Crippen LogP contribution >= 0.6 is 0 Å². The Bertz CT molecular complexity index is 1230. The Balaban J connectivity index is 1.13. The van der Waals surface area contributed by atoms with Gasteiger partial charge in [-0.1, -0.05) is 6.07 Å². The van der Waals surface area contributed by atoms with Crippen molar-refractivity contribution in [2.24, 2.45) is 11.3 Å². The Morgan fingerprint density at radius 1 is 1.14 bits per heavy atom. The van der Waals surface area contributed by atoms with Gasteiger partial charge < -0.3 is 31.0 Å². The number of aromatic nitrogens is 1. The van der Waals surface area contributed by atoms with Crippen LogP contribution < -0.4 is 16.0 Å². The molecule has 3 heterocycles. The number of allylic oxidation sites excluding steroid dienone is 3. The summed E-state index contributed by atoms with van der Waals surface area (Å²) in [6.07, 6.45) is 10.3. The molecule has 5 rings (SSSR count). The quantitative estimate of drug-likeness (QED) is 0.367. The summed E-state index contributed by atoms with van der Waals surface area (Å²) in [6, 6.07) is 3.45. The Labute approximate surface area is 245 Å². The van der Waals surface area contributed by atoms with Crippen LogP contribution in [0.15, 0.2) is 53.6 Å². The zero-order chi connectivity index (χ0) is 29.7. The van der Waals surface area contributed by atoms with Crippen molar-refractivity contribution >= 4 is 11.6 Å². The van der Waals surface area contributed by atoms with Gasteiger partial charge in [-0.15, -0.1) is 0 Å². The van der Waals surface area contributed by atoms with Crippen LogP contribution in [0.25, 0.3) is 0 Å². The molecule has 11 heteroatoms. The third-order valence-corrected chi connectivity index (χ3v) is 9.30. The van der Waals surface area contributed by atoms with E-state index in [1.165, 1.54) is 77.4 Å². The minimum atomic E-state index is -4.66. The number of carbonyl (C=O) groups excluding carboxylic acids is 1. The standard InChI is InChI=1S/C31H41F3N6O2/c1-42-27-18-24(35)22(17-26(27)39-29(41)25-3-2-4-28(38-25)31(32,33)34)19-37-23-7-15-40(16-8-23)20-21-5-9-30(10-6-21)11-13-36-14-12-30/h2-4,17-19,21,23,35-37H,5-16,20H2,1H3,(H,39,41)/b22-19-,35-24?. The van der Waals surface area contributed by atoms with Crippen molar-refractivity contribution in [3.63, 3.8) is 0 Å². The van der Waals surface area contributed by atoms with Crippen molar-refractivity contribution in [3.8, 4) is 0 Å². The van der Waals surface area contributed by atoms with E-state index in [1.54, 1.807) is 12.3 Å². The molecule has 3 fully saturated rings. The molecular formula is C31H41F3N6O2. The summed E-state index contributed by atoms with van der Waals surface area (Å²) < 4.78 is 44.5. The topological polar surface area (TPSA) is 102 Å². The van der Waals surface area contributed by atoms with Gasteiger partial charge in [0, 0.05) is 43.5 Å². The van der Waals surface area contributed by atoms with Crippen molar-refractivity contribution in [1.82, 2.24) is 25.8 Å². The fourth-order valence-corrected chi connectivity index (χ4v) is 6.67. The molecule has 8 nitrogen and oxygen atoms in total. The molecule has 4 aliphatic rings. The number of hydrogen-bond acceptors (Lipinski definition) is 7. The average molecular weight is 587 g/mol. The average Bonchev–Trinajstić information content (AvgIpc) is 2.99. The lowest BCUT2D eigenvalue weighted by Gasteiger charge is -2.44. The van der Waals surface area contributed by atoms with E-state index in [1.807, 2.05) is 0 Å². The first-order valence-electron chi connectivity index (χ1n) is 15.0. The minimum absolute atomic E-state index is 0.204. The summed E-state index contributed by atoms with van der Waals surface area (Å²) in [7, 11) is 1.40. The highest BCUT2D eigenvalue weighted by molar-refractivity contribution is 6.10. The molecule has 0 atom stereocenters. The molecule has 1 spiro atoms. The van der Waals surface area contributed by atoms with Crippen LogP contribution in [0.1, 0.15) is 67.5 Å². The molecular weight excluding hydrogens is 545 g/mol. The van der Waals surface area contributed by atoms with Gasteiger partial charge >= 0.3 is 6.18 Å². The van der Waals surface area contributed by atoms with Gasteiger partial charge in [0.15, 0.2) is 0 Å². The van der Waals surface area contributed by atoms with Gasteiger partial charge in [-0.3, -0.25) is 4.79 Å². The number of ether oxygens (including phenoxy) is 1. The fourth-order valence-electron chi connectivity index (χ4n) is 6.67. The highest BCUT2D eigenvalue weighted by Gasteiger charge is 2.37. The lowest BCUT2D eigenvalue weighted by Crippen LogP contribution is -2.44. The minimum Gasteiger partial charge on any atom is -0.494 e. The van der Waals surface area contributed by atoms with Crippen molar-refractivity contribution in [1.29, 1.82) is 5.41 Å². The second-order valence-corrected chi connectivity index (χ2v) is 12.1. The maximum Gasteiger partial charge on any atom is 0.433 e. The number of nitrogens with one attached hydrogen (secondary N) is 4. The normalized spacial score (nSPS) is 23.4. The van der Waals surface area contributed by atoms with Crippen LogP contribution in [0.5, 0.6) is 0 Å². The predicted octanol–water partition coefficient (Wildman–Crippen LogP) is 4.78. The number of carbonyl (C=O) groups is 1. The SMILES string of the molecule is COC1=CC(=N)/C(=C\NC2CCN(CC3CCC4(CCNCC4)CC3)CC2)C=C1NC(=O)c1cccc(C(F)(F)F)n1. The number of rotatable bonds is 7. The van der Waals surface area contributed by atoms with Crippen LogP contribution in [0.4, 0.5) is 13.2 Å². The smallest absolute Gasteiger partial charge is 0.433 e. The molecule has 4 N–H and O–H groups in total. The van der Waals surface area contributed by atoms with Crippen molar-refractivity contribution < 1.29 is 22.7 Å². The van der Waals surface area contributed by atoms with E-state index in [4.69, 9.17) is 10.1 Å². The zero-order valence-corrected chi connectivity index (χ0v) is 24.2.